The number of imidazole rings is 1. The number of halogens is 5. The van der Waals surface area contributed by atoms with E-state index in [-0.39, 0.29) is 29.1 Å². The molecular weight excluding hydrogens is 654 g/mol. The summed E-state index contributed by atoms with van der Waals surface area (Å²) in [5.74, 6) is 0.540. The SMILES string of the molecule is Fc1cc(Cl)ccc1C1Oc2cccc(C3CCN(Cc4nc5cc(-c6nnc(C(F)(F)F)[nH]6)ncc5n4CC4CCCO4)CC3)c2O1. The highest BCUT2D eigenvalue weighted by Crippen LogP contribution is 2.47. The summed E-state index contributed by atoms with van der Waals surface area (Å²) in [4.78, 5) is 13.9. The third-order valence-corrected chi connectivity index (χ3v) is 9.43. The summed E-state index contributed by atoms with van der Waals surface area (Å²) >= 11 is 5.94. The Morgan fingerprint density at radius 1 is 1.00 bits per heavy atom. The smallest absolute Gasteiger partial charge is 0.447 e. The van der Waals surface area contributed by atoms with Crippen LogP contribution in [-0.4, -0.2) is 60.4 Å². The number of piperidine rings is 1. The predicted molar refractivity (Wildman–Crippen MR) is 166 cm³/mol. The zero-order valence-corrected chi connectivity index (χ0v) is 26.3. The molecule has 250 valence electrons. The van der Waals surface area contributed by atoms with Crippen molar-refractivity contribution in [3.8, 4) is 23.0 Å². The van der Waals surface area contributed by atoms with Gasteiger partial charge in [0, 0.05) is 17.2 Å². The van der Waals surface area contributed by atoms with Crippen LogP contribution in [0.3, 0.4) is 0 Å². The first-order valence-electron chi connectivity index (χ1n) is 15.8. The number of hydrogen-bond acceptors (Lipinski definition) is 8. The summed E-state index contributed by atoms with van der Waals surface area (Å²) in [7, 11) is 0. The largest absolute Gasteiger partial charge is 0.451 e. The number of nitrogens with one attached hydrogen (secondary N) is 1. The van der Waals surface area contributed by atoms with Crippen molar-refractivity contribution in [1.29, 1.82) is 0 Å². The van der Waals surface area contributed by atoms with E-state index in [1.807, 2.05) is 18.2 Å². The molecule has 3 aliphatic rings. The van der Waals surface area contributed by atoms with Gasteiger partial charge in [-0.2, -0.15) is 13.2 Å². The van der Waals surface area contributed by atoms with E-state index in [0.29, 0.717) is 41.7 Å². The highest BCUT2D eigenvalue weighted by atomic mass is 35.5. The Hall–Kier alpha value is -4.27. The number of likely N-dealkylation sites (tertiary alicyclic amines) is 1. The van der Waals surface area contributed by atoms with Crippen molar-refractivity contribution in [3.05, 3.63) is 82.3 Å². The summed E-state index contributed by atoms with van der Waals surface area (Å²) in [5, 5.41) is 7.19. The third kappa shape index (κ3) is 5.96. The van der Waals surface area contributed by atoms with Gasteiger partial charge in [0.25, 0.3) is 6.29 Å². The van der Waals surface area contributed by atoms with Crippen molar-refractivity contribution in [2.75, 3.05) is 19.7 Å². The molecule has 1 N–H and O–H groups in total. The third-order valence-electron chi connectivity index (χ3n) is 9.20. The molecular formula is C33H30ClF4N7O3. The highest BCUT2D eigenvalue weighted by molar-refractivity contribution is 6.30. The summed E-state index contributed by atoms with van der Waals surface area (Å²) in [6, 6.07) is 11.9. The maximum Gasteiger partial charge on any atom is 0.451 e. The number of aromatic amines is 1. The second kappa shape index (κ2) is 12.3. The predicted octanol–water partition coefficient (Wildman–Crippen LogP) is 7.06. The van der Waals surface area contributed by atoms with Gasteiger partial charge < -0.3 is 23.8 Å². The fourth-order valence-corrected chi connectivity index (χ4v) is 6.92. The molecule has 2 fully saturated rings. The summed E-state index contributed by atoms with van der Waals surface area (Å²) in [6.07, 6.45) is -0.201. The second-order valence-electron chi connectivity index (χ2n) is 12.3. The number of alkyl halides is 3. The maximum atomic E-state index is 14.6. The van der Waals surface area contributed by atoms with Gasteiger partial charge in [-0.05, 0) is 75.0 Å². The molecule has 15 heteroatoms. The van der Waals surface area contributed by atoms with Gasteiger partial charge in [0.2, 0.25) is 5.82 Å². The quantitative estimate of drug-likeness (QED) is 0.182. The van der Waals surface area contributed by atoms with Gasteiger partial charge >= 0.3 is 6.18 Å². The van der Waals surface area contributed by atoms with E-state index < -0.39 is 24.1 Å². The van der Waals surface area contributed by atoms with Crippen LogP contribution in [-0.2, 0) is 24.0 Å². The number of H-pyrrole nitrogens is 1. The van der Waals surface area contributed by atoms with Crippen LogP contribution >= 0.6 is 11.6 Å². The second-order valence-corrected chi connectivity index (χ2v) is 12.7. The van der Waals surface area contributed by atoms with Crippen molar-refractivity contribution < 1.29 is 31.8 Å². The van der Waals surface area contributed by atoms with Crippen molar-refractivity contribution in [3.63, 3.8) is 0 Å². The zero-order valence-electron chi connectivity index (χ0n) is 25.5. The summed E-state index contributed by atoms with van der Waals surface area (Å²) in [6.45, 7) is 3.49. The van der Waals surface area contributed by atoms with Gasteiger partial charge in [-0.25, -0.2) is 9.37 Å². The van der Waals surface area contributed by atoms with Crippen LogP contribution < -0.4 is 9.47 Å². The molecule has 2 saturated heterocycles. The first-order chi connectivity index (χ1) is 23.2. The number of fused-ring (bicyclic) bond motifs is 2. The number of para-hydroxylation sites is 1. The lowest BCUT2D eigenvalue weighted by Crippen LogP contribution is -2.33. The number of hydrogen-bond donors (Lipinski definition) is 1. The monoisotopic (exact) mass is 683 g/mol. The molecule has 3 aromatic heterocycles. The molecule has 5 aromatic rings. The van der Waals surface area contributed by atoms with Crippen LogP contribution in [0.25, 0.3) is 22.6 Å². The number of pyridine rings is 1. The van der Waals surface area contributed by atoms with E-state index in [2.05, 4.69) is 29.6 Å². The van der Waals surface area contributed by atoms with Gasteiger partial charge in [0.05, 0.1) is 42.0 Å². The average Bonchev–Trinajstić information content (AvgIpc) is 3.88. The van der Waals surface area contributed by atoms with Crippen LogP contribution in [0.1, 0.15) is 60.7 Å². The minimum absolute atomic E-state index is 0.0442. The molecule has 8 rings (SSSR count). The van der Waals surface area contributed by atoms with Gasteiger partial charge in [0.15, 0.2) is 17.3 Å². The minimum atomic E-state index is -4.64. The van der Waals surface area contributed by atoms with Crippen LogP contribution in [0.15, 0.2) is 48.7 Å². The molecule has 10 nitrogen and oxygen atoms in total. The number of ether oxygens (including phenoxy) is 3. The molecule has 2 aromatic carbocycles. The van der Waals surface area contributed by atoms with E-state index in [4.69, 9.17) is 30.8 Å². The van der Waals surface area contributed by atoms with E-state index in [9.17, 15) is 17.6 Å². The number of nitrogens with zero attached hydrogens (tertiary/aromatic N) is 6. The van der Waals surface area contributed by atoms with Crippen molar-refractivity contribution >= 4 is 22.6 Å². The maximum absolute atomic E-state index is 14.6. The Labute approximate surface area is 277 Å². The van der Waals surface area contributed by atoms with Crippen molar-refractivity contribution in [2.45, 2.75) is 63.3 Å². The number of benzene rings is 2. The highest BCUT2D eigenvalue weighted by Gasteiger charge is 2.36. The van der Waals surface area contributed by atoms with Crippen LogP contribution in [0, 0.1) is 5.82 Å². The Balaban J connectivity index is 0.996. The van der Waals surface area contributed by atoms with Gasteiger partial charge in [-0.15, -0.1) is 10.2 Å². The Bertz CT molecular complexity index is 1970. The fourth-order valence-electron chi connectivity index (χ4n) is 6.77. The number of rotatable bonds is 7. The summed E-state index contributed by atoms with van der Waals surface area (Å²) in [5.41, 5.74) is 2.93. The lowest BCUT2D eigenvalue weighted by molar-refractivity contribution is -0.144. The molecule has 2 unspecified atom stereocenters. The van der Waals surface area contributed by atoms with E-state index in [1.165, 1.54) is 6.07 Å². The lowest BCUT2D eigenvalue weighted by atomic mass is 9.88. The first kappa shape index (κ1) is 31.0. The van der Waals surface area contributed by atoms with E-state index >= 15 is 0 Å². The Kier molecular flexibility index (Phi) is 7.96. The van der Waals surface area contributed by atoms with Gasteiger partial charge in [0.1, 0.15) is 17.3 Å². The molecule has 0 bridgehead atoms. The van der Waals surface area contributed by atoms with E-state index in [1.54, 1.807) is 24.4 Å². The van der Waals surface area contributed by atoms with Crippen molar-refractivity contribution in [2.24, 2.45) is 0 Å². The fraction of sp³-hybridized carbons (Fsp3) is 0.394. The Morgan fingerprint density at radius 2 is 1.85 bits per heavy atom. The van der Waals surface area contributed by atoms with Crippen LogP contribution in [0.4, 0.5) is 17.6 Å². The van der Waals surface area contributed by atoms with Gasteiger partial charge in [-0.3, -0.25) is 9.88 Å². The topological polar surface area (TPSA) is 103 Å². The molecule has 48 heavy (non-hydrogen) atoms. The zero-order chi connectivity index (χ0) is 33.0. The molecule has 0 radical (unpaired) electrons. The molecule has 2 atom stereocenters. The Morgan fingerprint density at radius 3 is 2.60 bits per heavy atom. The van der Waals surface area contributed by atoms with Crippen LogP contribution in [0.5, 0.6) is 11.5 Å². The van der Waals surface area contributed by atoms with E-state index in [0.717, 1.165) is 55.7 Å². The molecule has 0 aliphatic carbocycles. The first-order valence-corrected chi connectivity index (χ1v) is 16.2. The molecule has 3 aliphatic heterocycles. The lowest BCUT2D eigenvalue weighted by Gasteiger charge is -2.32. The molecule has 6 heterocycles. The molecule has 0 amide bonds. The standard InChI is InChI=1S/C33H30ClF4N7O3/c34-19-6-7-22(23(35)13-19)31-47-27-5-1-4-21(29(27)48-31)18-8-10-44(11-9-18)17-28-40-24-14-25(30-41-32(43-42-30)33(36,37)38)39-15-26(24)45(28)16-20-3-2-12-46-20/h1,4-7,13-15,18,20,31H,2-3,8-12,16-17H2,(H,41,42,43). The number of aromatic nitrogens is 6. The molecule has 0 spiro atoms. The normalized spacial score (nSPS) is 20.3. The van der Waals surface area contributed by atoms with Crippen molar-refractivity contribution in [1.82, 2.24) is 34.6 Å². The summed E-state index contributed by atoms with van der Waals surface area (Å²) < 4.78 is 74.2. The van der Waals surface area contributed by atoms with Gasteiger partial charge in [-0.1, -0.05) is 23.7 Å². The average molecular weight is 684 g/mol. The van der Waals surface area contributed by atoms with Crippen LogP contribution in [0.2, 0.25) is 5.02 Å². The molecule has 0 saturated carbocycles. The minimum Gasteiger partial charge on any atom is -0.447 e.